The molecular formula is C13H19BrN2OS. The maximum atomic E-state index is 12.3. The van der Waals surface area contributed by atoms with Gasteiger partial charge in [0.15, 0.2) is 0 Å². The Morgan fingerprint density at radius 2 is 2.22 bits per heavy atom. The Hall–Kier alpha value is -0.680. The quantitative estimate of drug-likeness (QED) is 0.843. The van der Waals surface area contributed by atoms with Gasteiger partial charge in [-0.05, 0) is 43.6 Å². The van der Waals surface area contributed by atoms with Gasteiger partial charge in [-0.2, -0.15) is 11.8 Å². The van der Waals surface area contributed by atoms with Crippen molar-refractivity contribution >= 4 is 39.3 Å². The van der Waals surface area contributed by atoms with Crippen molar-refractivity contribution in [1.29, 1.82) is 0 Å². The first-order valence-electron chi connectivity index (χ1n) is 5.78. The number of nitrogen functional groups attached to an aromatic ring is 1. The van der Waals surface area contributed by atoms with Gasteiger partial charge >= 0.3 is 0 Å². The molecule has 2 N–H and O–H groups in total. The molecule has 1 aromatic carbocycles. The molecule has 1 rings (SSSR count). The van der Waals surface area contributed by atoms with Gasteiger partial charge < -0.3 is 10.6 Å². The van der Waals surface area contributed by atoms with E-state index in [1.807, 2.05) is 13.1 Å². The molecule has 100 valence electrons. The van der Waals surface area contributed by atoms with E-state index >= 15 is 0 Å². The standard InChI is InChI=1S/C13H19BrN2OS/c1-9(6-7-18-3)16(2)13(17)11-8-10(14)4-5-12(11)15/h4-5,8-9H,6-7,15H2,1-3H3. The minimum Gasteiger partial charge on any atom is -0.398 e. The molecule has 18 heavy (non-hydrogen) atoms. The van der Waals surface area contributed by atoms with Crippen molar-refractivity contribution < 1.29 is 4.79 Å². The summed E-state index contributed by atoms with van der Waals surface area (Å²) in [6.45, 7) is 2.06. The number of carbonyl (C=O) groups is 1. The van der Waals surface area contributed by atoms with Crippen LogP contribution < -0.4 is 5.73 Å². The lowest BCUT2D eigenvalue weighted by Gasteiger charge is -2.25. The van der Waals surface area contributed by atoms with Crippen LogP contribution in [0.1, 0.15) is 23.7 Å². The summed E-state index contributed by atoms with van der Waals surface area (Å²) in [7, 11) is 1.83. The molecule has 5 heteroatoms. The van der Waals surface area contributed by atoms with Crippen LogP contribution in [0.3, 0.4) is 0 Å². The van der Waals surface area contributed by atoms with Gasteiger partial charge in [0.25, 0.3) is 5.91 Å². The molecule has 0 bridgehead atoms. The highest BCUT2D eigenvalue weighted by Crippen LogP contribution is 2.21. The Bertz CT molecular complexity index is 425. The molecule has 1 atom stereocenters. The van der Waals surface area contributed by atoms with Gasteiger partial charge in [0, 0.05) is 23.2 Å². The molecular weight excluding hydrogens is 312 g/mol. The Balaban J connectivity index is 2.82. The van der Waals surface area contributed by atoms with E-state index in [9.17, 15) is 4.79 Å². The van der Waals surface area contributed by atoms with Crippen molar-refractivity contribution in [2.75, 3.05) is 24.8 Å². The minimum atomic E-state index is -0.0256. The van der Waals surface area contributed by atoms with Crippen molar-refractivity contribution in [3.05, 3.63) is 28.2 Å². The highest BCUT2D eigenvalue weighted by Gasteiger charge is 2.19. The predicted molar refractivity (Wildman–Crippen MR) is 83.1 cm³/mol. The summed E-state index contributed by atoms with van der Waals surface area (Å²) in [6.07, 6.45) is 3.05. The zero-order valence-corrected chi connectivity index (χ0v) is 13.3. The van der Waals surface area contributed by atoms with E-state index in [0.717, 1.165) is 16.6 Å². The van der Waals surface area contributed by atoms with E-state index < -0.39 is 0 Å². The fourth-order valence-electron chi connectivity index (χ4n) is 1.59. The number of nitrogens with two attached hydrogens (primary N) is 1. The summed E-state index contributed by atoms with van der Waals surface area (Å²) in [5, 5.41) is 0. The van der Waals surface area contributed by atoms with Gasteiger partial charge in [0.1, 0.15) is 0 Å². The van der Waals surface area contributed by atoms with Gasteiger partial charge in [-0.15, -0.1) is 0 Å². The van der Waals surface area contributed by atoms with E-state index in [1.165, 1.54) is 0 Å². The summed E-state index contributed by atoms with van der Waals surface area (Å²) in [5.74, 6) is 1.02. The van der Waals surface area contributed by atoms with Gasteiger partial charge in [-0.25, -0.2) is 0 Å². The number of amides is 1. The number of hydrogen-bond acceptors (Lipinski definition) is 3. The second kappa shape index (κ2) is 7.04. The monoisotopic (exact) mass is 330 g/mol. The number of benzene rings is 1. The van der Waals surface area contributed by atoms with Crippen LogP contribution in [0.25, 0.3) is 0 Å². The highest BCUT2D eigenvalue weighted by atomic mass is 79.9. The molecule has 1 aromatic rings. The molecule has 0 aliphatic heterocycles. The second-order valence-corrected chi connectivity index (χ2v) is 6.18. The maximum absolute atomic E-state index is 12.3. The molecule has 0 saturated heterocycles. The summed E-state index contributed by atoms with van der Waals surface area (Å²) >= 11 is 5.15. The first-order chi connectivity index (χ1) is 8.47. The van der Waals surface area contributed by atoms with Crippen molar-refractivity contribution in [1.82, 2.24) is 4.90 Å². The Labute approximate surface area is 121 Å². The zero-order valence-electron chi connectivity index (χ0n) is 10.9. The number of anilines is 1. The van der Waals surface area contributed by atoms with Crippen LogP contribution in [0.4, 0.5) is 5.69 Å². The van der Waals surface area contributed by atoms with Gasteiger partial charge in [-0.1, -0.05) is 15.9 Å². The zero-order chi connectivity index (χ0) is 13.7. The molecule has 0 aliphatic rings. The Morgan fingerprint density at radius 1 is 1.56 bits per heavy atom. The molecule has 1 amide bonds. The van der Waals surface area contributed by atoms with Crippen molar-refractivity contribution in [2.45, 2.75) is 19.4 Å². The lowest BCUT2D eigenvalue weighted by Crippen LogP contribution is -2.35. The van der Waals surface area contributed by atoms with E-state index in [2.05, 4.69) is 29.1 Å². The molecule has 0 aliphatic carbocycles. The summed E-state index contributed by atoms with van der Waals surface area (Å²) < 4.78 is 0.866. The molecule has 0 heterocycles. The normalized spacial score (nSPS) is 12.2. The fraction of sp³-hybridized carbons (Fsp3) is 0.462. The number of thioether (sulfide) groups is 1. The van der Waals surface area contributed by atoms with Crippen LogP contribution in [0.5, 0.6) is 0 Å². The van der Waals surface area contributed by atoms with Gasteiger partial charge in [0.2, 0.25) is 0 Å². The molecule has 0 aromatic heterocycles. The van der Waals surface area contributed by atoms with Crippen LogP contribution in [-0.2, 0) is 0 Å². The fourth-order valence-corrected chi connectivity index (χ4v) is 2.52. The SMILES string of the molecule is CSCCC(C)N(C)C(=O)c1cc(Br)ccc1N. The van der Waals surface area contributed by atoms with Crippen LogP contribution in [0.15, 0.2) is 22.7 Å². The van der Waals surface area contributed by atoms with E-state index in [-0.39, 0.29) is 11.9 Å². The third-order valence-electron chi connectivity index (χ3n) is 2.97. The van der Waals surface area contributed by atoms with Crippen LogP contribution in [0, 0.1) is 0 Å². The smallest absolute Gasteiger partial charge is 0.255 e. The average molecular weight is 331 g/mol. The number of hydrogen-bond donors (Lipinski definition) is 1. The number of carbonyl (C=O) groups excluding carboxylic acids is 1. The molecule has 0 saturated carbocycles. The predicted octanol–water partition coefficient (Wildman–Crippen LogP) is 3.24. The van der Waals surface area contributed by atoms with E-state index in [1.54, 1.807) is 28.8 Å². The summed E-state index contributed by atoms with van der Waals surface area (Å²) in [5.41, 5.74) is 6.93. The number of nitrogens with zero attached hydrogens (tertiary/aromatic N) is 1. The van der Waals surface area contributed by atoms with Crippen molar-refractivity contribution in [3.8, 4) is 0 Å². The van der Waals surface area contributed by atoms with E-state index in [0.29, 0.717) is 11.3 Å². The lowest BCUT2D eigenvalue weighted by atomic mass is 10.1. The molecule has 0 spiro atoms. The Morgan fingerprint density at radius 3 is 2.83 bits per heavy atom. The second-order valence-electron chi connectivity index (χ2n) is 4.28. The molecule has 3 nitrogen and oxygen atoms in total. The van der Waals surface area contributed by atoms with Crippen LogP contribution >= 0.6 is 27.7 Å². The highest BCUT2D eigenvalue weighted by molar-refractivity contribution is 9.10. The molecule has 1 unspecified atom stereocenters. The van der Waals surface area contributed by atoms with E-state index in [4.69, 9.17) is 5.73 Å². The minimum absolute atomic E-state index is 0.0256. The summed E-state index contributed by atoms with van der Waals surface area (Å²) in [6, 6.07) is 5.57. The lowest BCUT2D eigenvalue weighted by molar-refractivity contribution is 0.0742. The molecule has 0 radical (unpaired) electrons. The molecule has 0 fully saturated rings. The van der Waals surface area contributed by atoms with Gasteiger partial charge in [-0.3, -0.25) is 4.79 Å². The maximum Gasteiger partial charge on any atom is 0.255 e. The topological polar surface area (TPSA) is 46.3 Å². The van der Waals surface area contributed by atoms with Gasteiger partial charge in [0.05, 0.1) is 5.56 Å². The number of rotatable bonds is 5. The third-order valence-corrected chi connectivity index (χ3v) is 4.10. The van der Waals surface area contributed by atoms with Crippen molar-refractivity contribution in [3.63, 3.8) is 0 Å². The van der Waals surface area contributed by atoms with Crippen molar-refractivity contribution in [2.24, 2.45) is 0 Å². The van der Waals surface area contributed by atoms with Crippen LogP contribution in [-0.4, -0.2) is 35.9 Å². The first-order valence-corrected chi connectivity index (χ1v) is 7.97. The number of halogens is 1. The average Bonchev–Trinajstić information content (AvgIpc) is 2.37. The largest absolute Gasteiger partial charge is 0.398 e. The summed E-state index contributed by atoms with van der Waals surface area (Å²) in [4.78, 5) is 14.1. The third kappa shape index (κ3) is 3.92. The van der Waals surface area contributed by atoms with Crippen LogP contribution in [0.2, 0.25) is 0 Å². The first kappa shape index (κ1) is 15.4. The Kier molecular flexibility index (Phi) is 6.02.